The van der Waals surface area contributed by atoms with Gasteiger partial charge in [0.1, 0.15) is 0 Å². The molecule has 2 aromatic heterocycles. The summed E-state index contributed by atoms with van der Waals surface area (Å²) < 4.78 is 1.28. The third-order valence-electron chi connectivity index (χ3n) is 3.36. The number of hydrogen-bond donors (Lipinski definition) is 1. The molecule has 0 saturated heterocycles. The van der Waals surface area contributed by atoms with Gasteiger partial charge in [-0.15, -0.1) is 22.7 Å². The molecular formula is C16H19N3S2. The molecule has 0 amide bonds. The van der Waals surface area contributed by atoms with Crippen LogP contribution >= 0.6 is 22.7 Å². The zero-order valence-electron chi connectivity index (χ0n) is 12.3. The van der Waals surface area contributed by atoms with E-state index in [-0.39, 0.29) is 0 Å². The Balaban J connectivity index is 1.50. The quantitative estimate of drug-likeness (QED) is 0.751. The second-order valence-electron chi connectivity index (χ2n) is 5.24. The molecule has 1 N–H and O–H groups in total. The first-order chi connectivity index (χ1) is 10.2. The van der Waals surface area contributed by atoms with E-state index in [0.717, 1.165) is 29.9 Å². The van der Waals surface area contributed by atoms with Crippen LogP contribution in [0.4, 0.5) is 0 Å². The Morgan fingerprint density at radius 2 is 2.10 bits per heavy atom. The Labute approximate surface area is 133 Å². The molecule has 110 valence electrons. The lowest BCUT2D eigenvalue weighted by molar-refractivity contribution is 0.546. The molecule has 0 radical (unpaired) electrons. The van der Waals surface area contributed by atoms with E-state index in [2.05, 4.69) is 47.7 Å². The number of benzene rings is 1. The van der Waals surface area contributed by atoms with E-state index < -0.39 is 0 Å². The Morgan fingerprint density at radius 1 is 1.24 bits per heavy atom. The van der Waals surface area contributed by atoms with E-state index in [1.165, 1.54) is 15.4 Å². The third kappa shape index (κ3) is 3.87. The number of rotatable bonds is 6. The predicted octanol–water partition coefficient (Wildman–Crippen LogP) is 3.82. The summed E-state index contributed by atoms with van der Waals surface area (Å²) in [6.45, 7) is 5.24. The molecule has 0 fully saturated rings. The summed E-state index contributed by atoms with van der Waals surface area (Å²) >= 11 is 3.52. The molecule has 0 aliphatic rings. The highest BCUT2D eigenvalue weighted by molar-refractivity contribution is 7.18. The number of aryl methyl sites for hydroxylation is 1. The minimum absolute atomic E-state index is 0.435. The van der Waals surface area contributed by atoms with Crippen LogP contribution in [0.2, 0.25) is 0 Å². The van der Waals surface area contributed by atoms with Crippen molar-refractivity contribution in [2.24, 2.45) is 0 Å². The zero-order chi connectivity index (χ0) is 14.7. The van der Waals surface area contributed by atoms with Gasteiger partial charge in [0.2, 0.25) is 0 Å². The molecule has 0 unspecified atom stereocenters. The van der Waals surface area contributed by atoms with E-state index in [0.29, 0.717) is 6.04 Å². The average molecular weight is 317 g/mol. The molecule has 0 aliphatic carbocycles. The molecule has 1 aromatic carbocycles. The fraction of sp³-hybridized carbons (Fsp3) is 0.375. The normalized spacial score (nSPS) is 12.9. The number of hydrogen-bond acceptors (Lipinski definition) is 5. The van der Waals surface area contributed by atoms with Crippen LogP contribution in [-0.2, 0) is 12.8 Å². The van der Waals surface area contributed by atoms with Gasteiger partial charge in [-0.2, -0.15) is 0 Å². The van der Waals surface area contributed by atoms with Crippen molar-refractivity contribution in [1.82, 2.24) is 15.3 Å². The Hall–Kier alpha value is -1.30. The number of aromatic nitrogens is 2. The lowest BCUT2D eigenvalue weighted by atomic mass is 10.2. The Bertz CT molecular complexity index is 684. The minimum atomic E-state index is 0.435. The van der Waals surface area contributed by atoms with Crippen LogP contribution in [0.25, 0.3) is 10.2 Å². The first-order valence-corrected chi connectivity index (χ1v) is 8.89. The van der Waals surface area contributed by atoms with Crippen molar-refractivity contribution in [3.05, 3.63) is 45.4 Å². The van der Waals surface area contributed by atoms with Crippen LogP contribution in [0.1, 0.15) is 22.6 Å². The van der Waals surface area contributed by atoms with E-state index >= 15 is 0 Å². The smallest absolute Gasteiger partial charge is 0.0954 e. The van der Waals surface area contributed by atoms with Crippen LogP contribution in [-0.4, -0.2) is 22.6 Å². The molecule has 0 bridgehead atoms. The van der Waals surface area contributed by atoms with Gasteiger partial charge in [-0.1, -0.05) is 12.1 Å². The maximum Gasteiger partial charge on any atom is 0.0954 e. The largest absolute Gasteiger partial charge is 0.313 e. The molecule has 5 heteroatoms. The molecule has 0 aliphatic heterocycles. The van der Waals surface area contributed by atoms with E-state index in [9.17, 15) is 0 Å². The summed E-state index contributed by atoms with van der Waals surface area (Å²) in [7, 11) is 0. The van der Waals surface area contributed by atoms with Crippen molar-refractivity contribution in [3.63, 3.8) is 0 Å². The molecule has 0 spiro atoms. The molecule has 3 nitrogen and oxygen atoms in total. The minimum Gasteiger partial charge on any atom is -0.313 e. The number of thiazole rings is 2. The summed E-state index contributed by atoms with van der Waals surface area (Å²) in [6.07, 6.45) is 1.98. The van der Waals surface area contributed by atoms with Gasteiger partial charge >= 0.3 is 0 Å². The van der Waals surface area contributed by atoms with Crippen molar-refractivity contribution in [2.45, 2.75) is 32.7 Å². The van der Waals surface area contributed by atoms with Crippen molar-refractivity contribution in [1.29, 1.82) is 0 Å². The zero-order valence-corrected chi connectivity index (χ0v) is 13.9. The van der Waals surface area contributed by atoms with E-state index in [4.69, 9.17) is 4.98 Å². The SMILES string of the molecule is Cc1nc(CCN[C@@H](C)Cc2nc3ccccc3s2)cs1. The van der Waals surface area contributed by atoms with Gasteiger partial charge in [-0.25, -0.2) is 9.97 Å². The van der Waals surface area contributed by atoms with Gasteiger partial charge < -0.3 is 5.32 Å². The first kappa shape index (κ1) is 14.6. The highest BCUT2D eigenvalue weighted by Gasteiger charge is 2.08. The Kier molecular flexibility index (Phi) is 4.63. The van der Waals surface area contributed by atoms with E-state index in [1.807, 2.05) is 6.07 Å². The standard InChI is InChI=1S/C16H19N3S2/c1-11(17-8-7-13-10-20-12(2)18-13)9-16-19-14-5-3-4-6-15(14)21-16/h3-6,10-11,17H,7-9H2,1-2H3/t11-/m0/s1. The van der Waals surface area contributed by atoms with Gasteiger partial charge in [0, 0.05) is 30.8 Å². The summed E-state index contributed by atoms with van der Waals surface area (Å²) in [5.41, 5.74) is 2.31. The molecule has 21 heavy (non-hydrogen) atoms. The van der Waals surface area contributed by atoms with Crippen LogP contribution in [0.5, 0.6) is 0 Å². The molecule has 3 rings (SSSR count). The Morgan fingerprint density at radius 3 is 2.86 bits per heavy atom. The van der Waals surface area contributed by atoms with Crippen molar-refractivity contribution in [3.8, 4) is 0 Å². The van der Waals surface area contributed by atoms with Crippen LogP contribution < -0.4 is 5.32 Å². The highest BCUT2D eigenvalue weighted by Crippen LogP contribution is 2.22. The predicted molar refractivity (Wildman–Crippen MR) is 91.3 cm³/mol. The fourth-order valence-corrected chi connectivity index (χ4v) is 4.05. The maximum atomic E-state index is 4.69. The molecule has 0 saturated carbocycles. The third-order valence-corrected chi connectivity index (χ3v) is 5.24. The van der Waals surface area contributed by atoms with Crippen molar-refractivity contribution in [2.75, 3.05) is 6.54 Å². The second-order valence-corrected chi connectivity index (χ2v) is 7.42. The average Bonchev–Trinajstić information content (AvgIpc) is 3.04. The van der Waals surface area contributed by atoms with Gasteiger partial charge in [0.15, 0.2) is 0 Å². The highest BCUT2D eigenvalue weighted by atomic mass is 32.1. The first-order valence-electron chi connectivity index (χ1n) is 7.19. The van der Waals surface area contributed by atoms with Crippen molar-refractivity contribution < 1.29 is 0 Å². The second kappa shape index (κ2) is 6.64. The summed E-state index contributed by atoms with van der Waals surface area (Å²) in [5, 5.41) is 8.07. The number of para-hydroxylation sites is 1. The van der Waals surface area contributed by atoms with Gasteiger partial charge in [0.05, 0.1) is 25.9 Å². The molecular weight excluding hydrogens is 298 g/mol. The summed E-state index contributed by atoms with van der Waals surface area (Å²) in [5.74, 6) is 0. The van der Waals surface area contributed by atoms with Crippen LogP contribution in [0, 0.1) is 6.92 Å². The monoisotopic (exact) mass is 317 g/mol. The van der Waals surface area contributed by atoms with Gasteiger partial charge in [-0.3, -0.25) is 0 Å². The van der Waals surface area contributed by atoms with Gasteiger partial charge in [-0.05, 0) is 26.0 Å². The number of nitrogens with one attached hydrogen (secondary N) is 1. The fourth-order valence-electron chi connectivity index (χ4n) is 2.31. The lowest BCUT2D eigenvalue weighted by Crippen LogP contribution is -2.30. The van der Waals surface area contributed by atoms with E-state index in [1.54, 1.807) is 22.7 Å². The van der Waals surface area contributed by atoms with Gasteiger partial charge in [0.25, 0.3) is 0 Å². The molecule has 2 heterocycles. The van der Waals surface area contributed by atoms with Crippen molar-refractivity contribution >= 4 is 32.9 Å². The summed E-state index contributed by atoms with van der Waals surface area (Å²) in [6, 6.07) is 8.77. The number of nitrogens with zero attached hydrogens (tertiary/aromatic N) is 2. The van der Waals surface area contributed by atoms with Crippen LogP contribution in [0.3, 0.4) is 0 Å². The molecule has 3 aromatic rings. The number of fused-ring (bicyclic) bond motifs is 1. The summed E-state index contributed by atoms with van der Waals surface area (Å²) in [4.78, 5) is 9.18. The van der Waals surface area contributed by atoms with Crippen LogP contribution in [0.15, 0.2) is 29.6 Å². The maximum absolute atomic E-state index is 4.69. The topological polar surface area (TPSA) is 37.8 Å². The molecule has 1 atom stereocenters. The lowest BCUT2D eigenvalue weighted by Gasteiger charge is -2.11.